The number of hydrogen-bond acceptors (Lipinski definition) is 13. The van der Waals surface area contributed by atoms with Crippen molar-refractivity contribution in [1.82, 2.24) is 0 Å². The molecule has 0 unspecified atom stereocenters. The number of rotatable bonds is 5. The monoisotopic (exact) mass is 522 g/mol. The summed E-state index contributed by atoms with van der Waals surface area (Å²) in [5.74, 6) is -0.190. The smallest absolute Gasteiger partial charge is 0.229 e. The Morgan fingerprint density at radius 3 is 2.41 bits per heavy atom. The summed E-state index contributed by atoms with van der Waals surface area (Å²) in [4.78, 5) is 13.0. The highest BCUT2D eigenvalue weighted by atomic mass is 16.7. The number of phenolic OH excluding ortho intramolecular Hbond substituents is 1. The van der Waals surface area contributed by atoms with Crippen molar-refractivity contribution in [2.45, 2.75) is 55.3 Å². The van der Waals surface area contributed by atoms with Crippen LogP contribution in [-0.4, -0.2) is 104 Å². The minimum absolute atomic E-state index is 0.0124. The van der Waals surface area contributed by atoms with Crippen LogP contribution in [-0.2, 0) is 14.2 Å². The van der Waals surface area contributed by atoms with Gasteiger partial charge in [-0.1, -0.05) is 6.07 Å². The molecule has 0 saturated carbocycles. The lowest BCUT2D eigenvalue weighted by molar-refractivity contribution is -0.307. The molecule has 2 aliphatic rings. The van der Waals surface area contributed by atoms with Crippen LogP contribution in [0.3, 0.4) is 0 Å². The molecular weight excluding hydrogens is 496 g/mol. The molecule has 13 nitrogen and oxygen atoms in total. The number of benzene rings is 2. The van der Waals surface area contributed by atoms with E-state index in [0.29, 0.717) is 0 Å². The molecule has 7 N–H and O–H groups in total. The lowest BCUT2D eigenvalue weighted by atomic mass is 9.99. The second-order valence-corrected chi connectivity index (χ2v) is 8.96. The summed E-state index contributed by atoms with van der Waals surface area (Å²) < 4.78 is 27.5. The van der Waals surface area contributed by atoms with Gasteiger partial charge in [-0.2, -0.15) is 0 Å². The van der Waals surface area contributed by atoms with Crippen LogP contribution in [0, 0.1) is 0 Å². The fourth-order valence-corrected chi connectivity index (χ4v) is 4.34. The van der Waals surface area contributed by atoms with Gasteiger partial charge in [0.25, 0.3) is 0 Å². The maximum atomic E-state index is 13.0. The third kappa shape index (κ3) is 4.77. The highest BCUT2D eigenvalue weighted by Gasteiger charge is 2.46. The second-order valence-electron chi connectivity index (χ2n) is 8.96. The molecule has 9 atom stereocenters. The van der Waals surface area contributed by atoms with Crippen molar-refractivity contribution in [3.63, 3.8) is 0 Å². The maximum absolute atomic E-state index is 13.0. The lowest BCUT2D eigenvalue weighted by Crippen LogP contribution is -2.61. The Balaban J connectivity index is 1.34. The molecule has 2 aliphatic heterocycles. The first-order valence-corrected chi connectivity index (χ1v) is 11.5. The van der Waals surface area contributed by atoms with Crippen molar-refractivity contribution < 1.29 is 59.1 Å². The van der Waals surface area contributed by atoms with Gasteiger partial charge < -0.3 is 59.1 Å². The van der Waals surface area contributed by atoms with E-state index in [1.54, 1.807) is 6.07 Å². The van der Waals surface area contributed by atoms with E-state index in [1.807, 2.05) is 0 Å². The fraction of sp³-hybridized carbons (Fsp3) is 0.458. The van der Waals surface area contributed by atoms with Crippen molar-refractivity contribution in [3.05, 3.63) is 46.6 Å². The van der Waals surface area contributed by atoms with Crippen LogP contribution in [0.2, 0.25) is 0 Å². The number of phenols is 1. The van der Waals surface area contributed by atoms with E-state index in [1.165, 1.54) is 30.3 Å². The summed E-state index contributed by atoms with van der Waals surface area (Å²) in [6, 6.07) is 8.66. The van der Waals surface area contributed by atoms with Crippen LogP contribution in [0.1, 0.15) is 0 Å². The molecule has 37 heavy (non-hydrogen) atoms. The summed E-state index contributed by atoms with van der Waals surface area (Å²) in [5.41, 5.74) is -0.0862. The predicted molar refractivity (Wildman–Crippen MR) is 123 cm³/mol. The first-order valence-electron chi connectivity index (χ1n) is 11.5. The van der Waals surface area contributed by atoms with E-state index in [-0.39, 0.29) is 40.0 Å². The van der Waals surface area contributed by atoms with Gasteiger partial charge in [-0.15, -0.1) is 0 Å². The molecule has 2 fully saturated rings. The molecule has 0 radical (unpaired) electrons. The Hall–Kier alpha value is -2.85. The van der Waals surface area contributed by atoms with E-state index in [2.05, 4.69) is 0 Å². The molecular formula is C24H26O13. The molecule has 2 aromatic carbocycles. The molecule has 3 aromatic rings. The quantitative estimate of drug-likeness (QED) is 0.187. The number of hydrogen-bond donors (Lipinski definition) is 7. The van der Waals surface area contributed by atoms with Gasteiger partial charge in [-0.25, -0.2) is 0 Å². The van der Waals surface area contributed by atoms with Crippen molar-refractivity contribution in [1.29, 1.82) is 0 Å². The average molecular weight is 522 g/mol. The first kappa shape index (κ1) is 25.8. The zero-order chi connectivity index (χ0) is 26.4. The van der Waals surface area contributed by atoms with E-state index in [0.717, 1.165) is 0 Å². The van der Waals surface area contributed by atoms with Gasteiger partial charge in [-0.05, 0) is 30.3 Å². The standard InChI is InChI=1S/C24H26O13/c25-11-2-1-3-14-16(11)17(27)10-6-9(4-5-13(10)36-14)35-24-22(32)20(30)19(29)15(37-24)8-34-23-21(31)18(28)12(26)7-33-23/h1-6,12,15,18-26,28-32H,7-8H2/t12-,15+,18+,19-,20-,21+,22+,23+,24+/m0/s1. The van der Waals surface area contributed by atoms with E-state index in [9.17, 15) is 40.5 Å². The zero-order valence-electron chi connectivity index (χ0n) is 19.2. The Bertz CT molecular complexity index is 1330. The van der Waals surface area contributed by atoms with Crippen molar-refractivity contribution in [3.8, 4) is 11.5 Å². The largest absolute Gasteiger partial charge is 0.507 e. The van der Waals surface area contributed by atoms with Crippen LogP contribution in [0.5, 0.6) is 11.5 Å². The molecule has 13 heteroatoms. The van der Waals surface area contributed by atoms with Crippen LogP contribution < -0.4 is 10.2 Å². The minimum atomic E-state index is -1.71. The number of aliphatic hydroxyl groups excluding tert-OH is 6. The third-order valence-electron chi connectivity index (χ3n) is 6.45. The van der Waals surface area contributed by atoms with Crippen LogP contribution in [0.15, 0.2) is 45.6 Å². The van der Waals surface area contributed by atoms with Crippen LogP contribution in [0.4, 0.5) is 0 Å². The Kier molecular flexibility index (Phi) is 7.06. The normalized spacial score (nSPS) is 34.6. The molecule has 0 amide bonds. The summed E-state index contributed by atoms with van der Waals surface area (Å²) in [5, 5.41) is 70.6. The Morgan fingerprint density at radius 2 is 1.62 bits per heavy atom. The molecule has 2 saturated heterocycles. The lowest BCUT2D eigenvalue weighted by Gasteiger charge is -2.41. The maximum Gasteiger partial charge on any atom is 0.229 e. The van der Waals surface area contributed by atoms with Gasteiger partial charge in [0.1, 0.15) is 70.8 Å². The number of aliphatic hydroxyl groups is 6. The van der Waals surface area contributed by atoms with Gasteiger partial charge >= 0.3 is 0 Å². The van der Waals surface area contributed by atoms with Crippen molar-refractivity contribution >= 4 is 21.9 Å². The van der Waals surface area contributed by atoms with Gasteiger partial charge in [-0.3, -0.25) is 4.79 Å². The molecule has 0 bridgehead atoms. The van der Waals surface area contributed by atoms with E-state index >= 15 is 0 Å². The Morgan fingerprint density at radius 1 is 0.865 bits per heavy atom. The first-order chi connectivity index (χ1) is 17.7. The highest BCUT2D eigenvalue weighted by molar-refractivity contribution is 5.93. The van der Waals surface area contributed by atoms with E-state index in [4.69, 9.17) is 23.4 Å². The molecule has 5 rings (SSSR count). The summed E-state index contributed by atoms with van der Waals surface area (Å²) in [7, 11) is 0. The molecule has 3 heterocycles. The van der Waals surface area contributed by atoms with Crippen LogP contribution >= 0.6 is 0 Å². The van der Waals surface area contributed by atoms with E-state index < -0.39 is 67.3 Å². The number of aromatic hydroxyl groups is 1. The van der Waals surface area contributed by atoms with Crippen molar-refractivity contribution in [2.24, 2.45) is 0 Å². The third-order valence-corrected chi connectivity index (χ3v) is 6.45. The fourth-order valence-electron chi connectivity index (χ4n) is 4.34. The van der Waals surface area contributed by atoms with Crippen LogP contribution in [0.25, 0.3) is 21.9 Å². The number of ether oxygens (including phenoxy) is 4. The molecule has 1 aromatic heterocycles. The predicted octanol–water partition coefficient (Wildman–Crippen LogP) is -1.71. The van der Waals surface area contributed by atoms with Gasteiger partial charge in [0, 0.05) is 0 Å². The second kappa shape index (κ2) is 10.1. The minimum Gasteiger partial charge on any atom is -0.507 e. The number of fused-ring (bicyclic) bond motifs is 2. The van der Waals surface area contributed by atoms with Crippen molar-refractivity contribution in [2.75, 3.05) is 13.2 Å². The summed E-state index contributed by atoms with van der Waals surface area (Å²) in [6.07, 6.45) is -13.5. The SMILES string of the molecule is O=c1c2cc(O[C@@H]3O[C@H](CO[C@H]4OC[C@H](O)[C@@H](O)[C@H]4O)[C@H](O)[C@H](O)[C@H]3O)ccc2oc2cccc(O)c12. The van der Waals surface area contributed by atoms with Gasteiger partial charge in [0.15, 0.2) is 6.29 Å². The highest BCUT2D eigenvalue weighted by Crippen LogP contribution is 2.30. The average Bonchev–Trinajstić information content (AvgIpc) is 2.88. The summed E-state index contributed by atoms with van der Waals surface area (Å²) >= 11 is 0. The zero-order valence-corrected chi connectivity index (χ0v) is 19.2. The topological polar surface area (TPSA) is 209 Å². The molecule has 200 valence electrons. The molecule has 0 aliphatic carbocycles. The van der Waals surface area contributed by atoms with Gasteiger partial charge in [0.2, 0.25) is 11.7 Å². The van der Waals surface area contributed by atoms with Gasteiger partial charge in [0.05, 0.1) is 18.6 Å². The summed E-state index contributed by atoms with van der Waals surface area (Å²) in [6.45, 7) is -0.741. The molecule has 0 spiro atoms. The Labute approximate surface area is 208 Å².